The van der Waals surface area contributed by atoms with E-state index < -0.39 is 11.8 Å². The van der Waals surface area contributed by atoms with Gasteiger partial charge in [0.05, 0.1) is 5.69 Å². The van der Waals surface area contributed by atoms with Gasteiger partial charge in [0.1, 0.15) is 17.9 Å². The Balaban J connectivity index is 1.60. The van der Waals surface area contributed by atoms with E-state index in [4.69, 9.17) is 27.9 Å². The van der Waals surface area contributed by atoms with E-state index in [1.165, 1.54) is 11.1 Å². The summed E-state index contributed by atoms with van der Waals surface area (Å²) in [7, 11) is 0. The number of nitrogens with zero attached hydrogens (tertiary/aromatic N) is 1. The van der Waals surface area contributed by atoms with Crippen LogP contribution in [0.4, 0.5) is 5.69 Å². The van der Waals surface area contributed by atoms with Crippen molar-refractivity contribution in [2.24, 2.45) is 0 Å². The van der Waals surface area contributed by atoms with Crippen molar-refractivity contribution < 1.29 is 14.3 Å². The Labute approximate surface area is 183 Å². The van der Waals surface area contributed by atoms with Gasteiger partial charge in [-0.05, 0) is 36.4 Å². The Hall–Kier alpha value is -3.28. The summed E-state index contributed by atoms with van der Waals surface area (Å²) >= 11 is 12.4. The first kappa shape index (κ1) is 20.0. The van der Waals surface area contributed by atoms with Gasteiger partial charge in [0.2, 0.25) is 0 Å². The van der Waals surface area contributed by atoms with Crippen LogP contribution in [-0.2, 0) is 16.2 Å². The van der Waals surface area contributed by atoms with Crippen molar-refractivity contribution in [2.45, 2.75) is 6.61 Å². The minimum absolute atomic E-state index is 0.0191. The van der Waals surface area contributed by atoms with Crippen molar-refractivity contribution >= 4 is 46.8 Å². The molecule has 0 aromatic heterocycles. The number of hydrogen-bond acceptors (Lipinski definition) is 3. The van der Waals surface area contributed by atoms with Crippen LogP contribution in [0.5, 0.6) is 5.75 Å². The average Bonchev–Trinajstić information content (AvgIpc) is 3.03. The topological polar surface area (TPSA) is 58.6 Å². The number of benzene rings is 3. The summed E-state index contributed by atoms with van der Waals surface area (Å²) in [5, 5.41) is 2.23. The minimum atomic E-state index is -0.479. The summed E-state index contributed by atoms with van der Waals surface area (Å²) < 4.78 is 5.91. The molecule has 1 N–H and O–H groups in total. The van der Waals surface area contributed by atoms with Crippen LogP contribution in [0.15, 0.2) is 78.4 Å². The summed E-state index contributed by atoms with van der Waals surface area (Å²) in [5.41, 5.74) is 4.44. The number of para-hydroxylation sites is 2. The van der Waals surface area contributed by atoms with Gasteiger partial charge in [-0.3, -0.25) is 15.0 Å². The van der Waals surface area contributed by atoms with Crippen LogP contribution in [0, 0.1) is 0 Å². The molecule has 5 nitrogen and oxygen atoms in total. The van der Waals surface area contributed by atoms with Crippen LogP contribution in [0.25, 0.3) is 6.08 Å². The highest BCUT2D eigenvalue weighted by Crippen LogP contribution is 2.29. The number of carbonyl (C=O) groups is 2. The Kier molecular flexibility index (Phi) is 5.74. The van der Waals surface area contributed by atoms with Gasteiger partial charge in [-0.2, -0.15) is 0 Å². The van der Waals surface area contributed by atoms with Gasteiger partial charge < -0.3 is 4.74 Å². The van der Waals surface area contributed by atoms with E-state index in [1.807, 2.05) is 6.07 Å². The van der Waals surface area contributed by atoms with Crippen LogP contribution in [0.1, 0.15) is 11.1 Å². The largest absolute Gasteiger partial charge is 0.488 e. The van der Waals surface area contributed by atoms with Crippen molar-refractivity contribution in [1.82, 2.24) is 5.43 Å². The van der Waals surface area contributed by atoms with Crippen molar-refractivity contribution in [1.29, 1.82) is 0 Å². The third-order valence-electron chi connectivity index (χ3n) is 4.56. The summed E-state index contributed by atoms with van der Waals surface area (Å²) in [4.78, 5) is 25.2. The van der Waals surface area contributed by atoms with E-state index in [9.17, 15) is 9.59 Å². The third kappa shape index (κ3) is 4.03. The molecule has 4 rings (SSSR count). The fourth-order valence-electron chi connectivity index (χ4n) is 3.02. The van der Waals surface area contributed by atoms with Crippen molar-refractivity contribution in [3.8, 4) is 5.75 Å². The fraction of sp³-hybridized carbons (Fsp3) is 0.0435. The summed E-state index contributed by atoms with van der Waals surface area (Å²) in [6.07, 6.45) is 1.52. The Bertz CT molecular complexity index is 1130. The van der Waals surface area contributed by atoms with Crippen molar-refractivity contribution in [2.75, 3.05) is 5.01 Å². The van der Waals surface area contributed by atoms with Crippen LogP contribution < -0.4 is 15.2 Å². The molecule has 150 valence electrons. The zero-order chi connectivity index (χ0) is 21.1. The zero-order valence-corrected chi connectivity index (χ0v) is 17.2. The molecular formula is C23H16Cl2N2O3. The molecule has 0 saturated carbocycles. The summed E-state index contributed by atoms with van der Waals surface area (Å²) in [6.45, 7) is 0.148. The lowest BCUT2D eigenvalue weighted by molar-refractivity contribution is -0.117. The molecule has 1 heterocycles. The highest BCUT2D eigenvalue weighted by molar-refractivity contribution is 6.36. The van der Waals surface area contributed by atoms with E-state index in [2.05, 4.69) is 5.43 Å². The minimum Gasteiger partial charge on any atom is -0.488 e. The molecule has 0 aliphatic carbocycles. The molecule has 0 bridgehead atoms. The average molecular weight is 439 g/mol. The van der Waals surface area contributed by atoms with E-state index >= 15 is 0 Å². The highest BCUT2D eigenvalue weighted by atomic mass is 35.5. The maximum absolute atomic E-state index is 12.8. The predicted molar refractivity (Wildman–Crippen MR) is 117 cm³/mol. The quantitative estimate of drug-likeness (QED) is 0.448. The Morgan fingerprint density at radius 1 is 0.867 bits per heavy atom. The first-order valence-electron chi connectivity index (χ1n) is 9.11. The first-order valence-corrected chi connectivity index (χ1v) is 9.87. The molecular weight excluding hydrogens is 423 g/mol. The predicted octanol–water partition coefficient (Wildman–Crippen LogP) is 5.03. The molecule has 0 spiro atoms. The van der Waals surface area contributed by atoms with Crippen molar-refractivity contribution in [3.63, 3.8) is 0 Å². The van der Waals surface area contributed by atoms with E-state index in [0.29, 0.717) is 32.6 Å². The summed E-state index contributed by atoms with van der Waals surface area (Å²) in [5.74, 6) is -0.414. The number of rotatable bonds is 5. The number of hydrazine groups is 1. The van der Waals surface area contributed by atoms with Gasteiger partial charge in [-0.15, -0.1) is 0 Å². The number of amides is 2. The standard InChI is InChI=1S/C23H16Cl2N2O3/c24-19-10-6-11-20(25)18(19)14-30-21-12-5-4-7-15(21)13-17-22(28)26-27(23(17)29)16-8-2-1-3-9-16/h1-13H,14H2,(H,26,28)/b17-13+. The first-order chi connectivity index (χ1) is 14.5. The molecule has 3 aromatic carbocycles. The second kappa shape index (κ2) is 8.61. The lowest BCUT2D eigenvalue weighted by atomic mass is 10.1. The van der Waals surface area contributed by atoms with E-state index in [1.54, 1.807) is 66.7 Å². The molecule has 30 heavy (non-hydrogen) atoms. The molecule has 2 amide bonds. The molecule has 1 aliphatic heterocycles. The highest BCUT2D eigenvalue weighted by Gasteiger charge is 2.34. The van der Waals surface area contributed by atoms with Gasteiger partial charge in [-0.1, -0.05) is 65.7 Å². The number of carbonyl (C=O) groups excluding carboxylic acids is 2. The Morgan fingerprint density at radius 2 is 1.53 bits per heavy atom. The molecule has 1 fully saturated rings. The third-order valence-corrected chi connectivity index (χ3v) is 5.27. The normalized spacial score (nSPS) is 14.9. The number of nitrogens with one attached hydrogen (secondary N) is 1. The number of anilines is 1. The smallest absolute Gasteiger partial charge is 0.282 e. The molecule has 1 aliphatic rings. The van der Waals surface area contributed by atoms with Gasteiger partial charge >= 0.3 is 0 Å². The Morgan fingerprint density at radius 3 is 2.27 bits per heavy atom. The van der Waals surface area contributed by atoms with Crippen molar-refractivity contribution in [3.05, 3.63) is 99.5 Å². The van der Waals surface area contributed by atoms with Gasteiger partial charge in [0, 0.05) is 21.2 Å². The van der Waals surface area contributed by atoms with E-state index in [-0.39, 0.29) is 12.2 Å². The van der Waals surface area contributed by atoms with Crippen LogP contribution in [-0.4, -0.2) is 11.8 Å². The maximum atomic E-state index is 12.8. The number of halogens is 2. The lowest BCUT2D eigenvalue weighted by Gasteiger charge is -2.14. The van der Waals surface area contributed by atoms with Crippen LogP contribution in [0.3, 0.4) is 0 Å². The molecule has 0 atom stereocenters. The van der Waals surface area contributed by atoms with Gasteiger partial charge in [0.25, 0.3) is 11.8 Å². The monoisotopic (exact) mass is 438 g/mol. The van der Waals surface area contributed by atoms with E-state index in [0.717, 1.165) is 0 Å². The van der Waals surface area contributed by atoms with Gasteiger partial charge in [0.15, 0.2) is 0 Å². The van der Waals surface area contributed by atoms with Crippen LogP contribution in [0.2, 0.25) is 10.0 Å². The molecule has 0 unspecified atom stereocenters. The van der Waals surface area contributed by atoms with Crippen LogP contribution >= 0.6 is 23.2 Å². The molecule has 0 radical (unpaired) electrons. The molecule has 3 aromatic rings. The molecule has 1 saturated heterocycles. The number of hydrogen-bond donors (Lipinski definition) is 1. The lowest BCUT2D eigenvalue weighted by Crippen LogP contribution is -2.35. The molecule has 7 heteroatoms. The number of ether oxygens (including phenoxy) is 1. The zero-order valence-electron chi connectivity index (χ0n) is 15.6. The van der Waals surface area contributed by atoms with Gasteiger partial charge in [-0.25, -0.2) is 5.01 Å². The summed E-state index contributed by atoms with van der Waals surface area (Å²) in [6, 6.07) is 21.3. The second-order valence-electron chi connectivity index (χ2n) is 6.50. The second-order valence-corrected chi connectivity index (χ2v) is 7.32. The fourth-order valence-corrected chi connectivity index (χ4v) is 3.53. The SMILES string of the molecule is O=C1NN(c2ccccc2)C(=O)/C1=C/c1ccccc1OCc1c(Cl)cccc1Cl. The maximum Gasteiger partial charge on any atom is 0.282 e.